The standard InChI is InChI=1S/C16H21FN4O/c1-13-9-19-21(11-13)7-6-18-10-16(22)20(2)12-14-4-3-5-15(17)8-14/h3-5,8-9,11,18H,6-7,10,12H2,1-2H3. The van der Waals surface area contributed by atoms with Crippen molar-refractivity contribution in [3.63, 3.8) is 0 Å². The highest BCUT2D eigenvalue weighted by Gasteiger charge is 2.09. The molecule has 22 heavy (non-hydrogen) atoms. The number of halogens is 1. The molecule has 0 aliphatic carbocycles. The summed E-state index contributed by atoms with van der Waals surface area (Å²) in [4.78, 5) is 13.6. The van der Waals surface area contributed by atoms with Gasteiger partial charge in [-0.2, -0.15) is 5.10 Å². The van der Waals surface area contributed by atoms with Crippen LogP contribution in [0.1, 0.15) is 11.1 Å². The molecule has 118 valence electrons. The molecule has 2 aromatic rings. The molecular formula is C16H21FN4O. The highest BCUT2D eigenvalue weighted by Crippen LogP contribution is 2.06. The van der Waals surface area contributed by atoms with Crippen LogP contribution in [0.3, 0.4) is 0 Å². The maximum Gasteiger partial charge on any atom is 0.236 e. The van der Waals surface area contributed by atoms with E-state index in [-0.39, 0.29) is 18.3 Å². The number of nitrogens with zero attached hydrogens (tertiary/aromatic N) is 3. The van der Waals surface area contributed by atoms with Gasteiger partial charge in [0.1, 0.15) is 5.82 Å². The number of benzene rings is 1. The Labute approximate surface area is 129 Å². The van der Waals surface area contributed by atoms with Crippen LogP contribution in [0.15, 0.2) is 36.7 Å². The van der Waals surface area contributed by atoms with E-state index in [1.54, 1.807) is 30.3 Å². The first-order chi connectivity index (χ1) is 10.5. The summed E-state index contributed by atoms with van der Waals surface area (Å²) in [7, 11) is 1.71. The van der Waals surface area contributed by atoms with Crippen molar-refractivity contribution in [2.75, 3.05) is 20.1 Å². The quantitative estimate of drug-likeness (QED) is 0.790. The highest BCUT2D eigenvalue weighted by molar-refractivity contribution is 5.77. The first kappa shape index (κ1) is 16.2. The van der Waals surface area contributed by atoms with Crippen LogP contribution in [0.5, 0.6) is 0 Å². The molecule has 0 fully saturated rings. The number of likely N-dealkylation sites (N-methyl/N-ethyl adjacent to an activating group) is 1. The van der Waals surface area contributed by atoms with Crippen molar-refractivity contribution >= 4 is 5.91 Å². The lowest BCUT2D eigenvalue weighted by Crippen LogP contribution is -2.36. The Balaban J connectivity index is 1.70. The summed E-state index contributed by atoms with van der Waals surface area (Å²) in [5.74, 6) is -0.313. The van der Waals surface area contributed by atoms with Crippen molar-refractivity contribution in [1.82, 2.24) is 20.0 Å². The first-order valence-electron chi connectivity index (χ1n) is 7.23. The molecule has 0 saturated carbocycles. The average Bonchev–Trinajstić information content (AvgIpc) is 2.89. The lowest BCUT2D eigenvalue weighted by atomic mass is 10.2. The van der Waals surface area contributed by atoms with E-state index in [9.17, 15) is 9.18 Å². The van der Waals surface area contributed by atoms with E-state index in [1.165, 1.54) is 12.1 Å². The number of hydrogen-bond acceptors (Lipinski definition) is 3. The van der Waals surface area contributed by atoms with Gasteiger partial charge in [0.15, 0.2) is 0 Å². The Morgan fingerprint density at radius 2 is 2.27 bits per heavy atom. The Hall–Kier alpha value is -2.21. The highest BCUT2D eigenvalue weighted by atomic mass is 19.1. The van der Waals surface area contributed by atoms with Crippen LogP contribution in [0.25, 0.3) is 0 Å². The second-order valence-electron chi connectivity index (χ2n) is 5.34. The molecule has 0 radical (unpaired) electrons. The molecule has 0 aliphatic rings. The van der Waals surface area contributed by atoms with Crippen LogP contribution in [0, 0.1) is 12.7 Å². The molecule has 0 saturated heterocycles. The third kappa shape index (κ3) is 4.96. The van der Waals surface area contributed by atoms with Crippen molar-refractivity contribution < 1.29 is 9.18 Å². The van der Waals surface area contributed by atoms with Crippen molar-refractivity contribution in [3.05, 3.63) is 53.6 Å². The topological polar surface area (TPSA) is 50.2 Å². The van der Waals surface area contributed by atoms with Crippen LogP contribution >= 0.6 is 0 Å². The Kier molecular flexibility index (Phi) is 5.66. The van der Waals surface area contributed by atoms with Crippen LogP contribution in [-0.4, -0.2) is 40.7 Å². The third-order valence-electron chi connectivity index (χ3n) is 3.29. The van der Waals surface area contributed by atoms with Gasteiger partial charge < -0.3 is 10.2 Å². The average molecular weight is 304 g/mol. The summed E-state index contributed by atoms with van der Waals surface area (Å²) in [6.07, 6.45) is 3.76. The van der Waals surface area contributed by atoms with Gasteiger partial charge in [-0.3, -0.25) is 9.48 Å². The molecule has 0 spiro atoms. The van der Waals surface area contributed by atoms with Crippen LogP contribution in [0.4, 0.5) is 4.39 Å². The molecule has 1 N–H and O–H groups in total. The predicted molar refractivity (Wildman–Crippen MR) is 82.7 cm³/mol. The van der Waals surface area contributed by atoms with Crippen molar-refractivity contribution in [2.24, 2.45) is 0 Å². The van der Waals surface area contributed by atoms with Crippen LogP contribution < -0.4 is 5.32 Å². The summed E-state index contributed by atoms with van der Waals surface area (Å²) in [5, 5.41) is 7.27. The third-order valence-corrected chi connectivity index (χ3v) is 3.29. The maximum absolute atomic E-state index is 13.1. The maximum atomic E-state index is 13.1. The van der Waals surface area contributed by atoms with E-state index in [0.717, 1.165) is 11.1 Å². The van der Waals surface area contributed by atoms with Crippen LogP contribution in [-0.2, 0) is 17.9 Å². The van der Waals surface area contributed by atoms with Crippen molar-refractivity contribution in [2.45, 2.75) is 20.0 Å². The van der Waals surface area contributed by atoms with Gasteiger partial charge in [-0.25, -0.2) is 4.39 Å². The minimum atomic E-state index is -0.286. The molecule has 2 rings (SSSR count). The molecule has 0 unspecified atom stereocenters. The number of carbonyl (C=O) groups excluding carboxylic acids is 1. The molecule has 0 aliphatic heterocycles. The van der Waals surface area contributed by atoms with Gasteiger partial charge in [-0.05, 0) is 30.2 Å². The van der Waals surface area contributed by atoms with Gasteiger partial charge >= 0.3 is 0 Å². The molecular weight excluding hydrogens is 283 g/mol. The van der Waals surface area contributed by atoms with E-state index >= 15 is 0 Å². The fourth-order valence-electron chi connectivity index (χ4n) is 2.11. The zero-order valence-electron chi connectivity index (χ0n) is 12.9. The number of hydrogen-bond donors (Lipinski definition) is 1. The number of aromatic nitrogens is 2. The number of rotatable bonds is 7. The Morgan fingerprint density at radius 1 is 1.45 bits per heavy atom. The molecule has 0 bridgehead atoms. The molecule has 1 aromatic carbocycles. The lowest BCUT2D eigenvalue weighted by Gasteiger charge is -2.17. The number of aryl methyl sites for hydroxylation is 1. The van der Waals surface area contributed by atoms with Gasteiger partial charge in [0.05, 0.1) is 19.3 Å². The number of carbonyl (C=O) groups is 1. The van der Waals surface area contributed by atoms with Gasteiger partial charge in [-0.1, -0.05) is 12.1 Å². The summed E-state index contributed by atoms with van der Waals surface area (Å²) in [6, 6.07) is 6.29. The summed E-state index contributed by atoms with van der Waals surface area (Å²) in [6.45, 7) is 4.03. The van der Waals surface area contributed by atoms with E-state index in [4.69, 9.17) is 0 Å². The minimum absolute atomic E-state index is 0.0269. The smallest absolute Gasteiger partial charge is 0.236 e. The van der Waals surface area contributed by atoms with Crippen molar-refractivity contribution in [3.8, 4) is 0 Å². The molecule has 5 nitrogen and oxygen atoms in total. The number of nitrogens with one attached hydrogen (secondary N) is 1. The van der Waals surface area contributed by atoms with E-state index < -0.39 is 0 Å². The molecule has 1 amide bonds. The second kappa shape index (κ2) is 7.70. The largest absolute Gasteiger partial charge is 0.340 e. The van der Waals surface area contributed by atoms with Gasteiger partial charge in [0, 0.05) is 26.3 Å². The van der Waals surface area contributed by atoms with Crippen LogP contribution in [0.2, 0.25) is 0 Å². The molecule has 6 heteroatoms. The Bertz CT molecular complexity index is 626. The monoisotopic (exact) mass is 304 g/mol. The second-order valence-corrected chi connectivity index (χ2v) is 5.34. The summed E-state index contributed by atoms with van der Waals surface area (Å²) in [5.41, 5.74) is 1.90. The summed E-state index contributed by atoms with van der Waals surface area (Å²) >= 11 is 0. The zero-order chi connectivity index (χ0) is 15.9. The molecule has 0 atom stereocenters. The van der Waals surface area contributed by atoms with Gasteiger partial charge in [0.25, 0.3) is 0 Å². The minimum Gasteiger partial charge on any atom is -0.340 e. The van der Waals surface area contributed by atoms with Crippen molar-refractivity contribution in [1.29, 1.82) is 0 Å². The fraction of sp³-hybridized carbons (Fsp3) is 0.375. The normalized spacial score (nSPS) is 10.7. The lowest BCUT2D eigenvalue weighted by molar-refractivity contribution is -0.129. The molecule has 1 aromatic heterocycles. The van der Waals surface area contributed by atoms with E-state index in [1.807, 2.05) is 17.8 Å². The first-order valence-corrected chi connectivity index (χ1v) is 7.23. The SMILES string of the molecule is Cc1cnn(CCNCC(=O)N(C)Cc2cccc(F)c2)c1. The summed E-state index contributed by atoms with van der Waals surface area (Å²) < 4.78 is 14.9. The fourth-order valence-corrected chi connectivity index (χ4v) is 2.11. The Morgan fingerprint density at radius 3 is 2.95 bits per heavy atom. The zero-order valence-corrected chi connectivity index (χ0v) is 12.9. The van der Waals surface area contributed by atoms with Gasteiger partial charge in [0.2, 0.25) is 5.91 Å². The van der Waals surface area contributed by atoms with E-state index in [0.29, 0.717) is 19.6 Å². The predicted octanol–water partition coefficient (Wildman–Crippen LogP) is 1.58. The molecule has 1 heterocycles. The number of amides is 1. The van der Waals surface area contributed by atoms with Gasteiger partial charge in [-0.15, -0.1) is 0 Å². The van der Waals surface area contributed by atoms with E-state index in [2.05, 4.69) is 10.4 Å².